The number of nitrogens with zero attached hydrogens (tertiary/aromatic N) is 1. The van der Waals surface area contributed by atoms with Gasteiger partial charge in [0.2, 0.25) is 5.91 Å². The molecule has 1 N–H and O–H groups in total. The zero-order chi connectivity index (χ0) is 21.5. The van der Waals surface area contributed by atoms with Gasteiger partial charge in [-0.15, -0.1) is 0 Å². The van der Waals surface area contributed by atoms with Crippen LogP contribution in [0.1, 0.15) is 50.3 Å². The minimum absolute atomic E-state index is 0.0375. The Morgan fingerprint density at radius 2 is 1.73 bits per heavy atom. The van der Waals surface area contributed by atoms with Crippen molar-refractivity contribution < 1.29 is 9.53 Å². The Hall–Kier alpha value is -2.04. The second-order valence-corrected chi connectivity index (χ2v) is 9.08. The molecule has 4 nitrogen and oxygen atoms in total. The Balaban J connectivity index is 1.55. The van der Waals surface area contributed by atoms with Crippen molar-refractivity contribution in [1.29, 1.82) is 0 Å². The topological polar surface area (TPSA) is 41.6 Å². The molecule has 0 unspecified atom stereocenters. The van der Waals surface area contributed by atoms with Crippen LogP contribution < -0.4 is 10.1 Å². The molecule has 3 rings (SSSR count). The monoisotopic (exact) mass is 428 g/mol. The Morgan fingerprint density at radius 3 is 2.30 bits per heavy atom. The number of amides is 1. The average molecular weight is 429 g/mol. The summed E-state index contributed by atoms with van der Waals surface area (Å²) in [6.45, 7) is 7.18. The van der Waals surface area contributed by atoms with E-state index >= 15 is 0 Å². The highest BCUT2D eigenvalue weighted by atomic mass is 35.5. The zero-order valence-corrected chi connectivity index (χ0v) is 19.0. The smallest absolute Gasteiger partial charge is 0.223 e. The van der Waals surface area contributed by atoms with E-state index < -0.39 is 0 Å². The third-order valence-corrected chi connectivity index (χ3v) is 6.07. The van der Waals surface area contributed by atoms with Gasteiger partial charge in [0.25, 0.3) is 0 Å². The average Bonchev–Trinajstić information content (AvgIpc) is 2.75. The van der Waals surface area contributed by atoms with Crippen LogP contribution in [0.3, 0.4) is 0 Å². The minimum Gasteiger partial charge on any atom is -0.497 e. The van der Waals surface area contributed by atoms with Crippen LogP contribution >= 0.6 is 11.6 Å². The molecule has 0 bridgehead atoms. The summed E-state index contributed by atoms with van der Waals surface area (Å²) in [5.74, 6) is 1.60. The SMILES string of the molecule is COc1ccc([C@@H](CC(C)C)NC(=O)C2CCN(Cc3ccc(Cl)cc3)CC2)cc1. The lowest BCUT2D eigenvalue weighted by Gasteiger charge is -2.32. The Bertz CT molecular complexity index is 797. The van der Waals surface area contributed by atoms with E-state index in [-0.39, 0.29) is 17.9 Å². The van der Waals surface area contributed by atoms with E-state index in [1.54, 1.807) is 7.11 Å². The number of benzene rings is 2. The third-order valence-electron chi connectivity index (χ3n) is 5.82. The predicted octanol–water partition coefficient (Wildman–Crippen LogP) is 5.46. The highest BCUT2D eigenvalue weighted by Gasteiger charge is 2.27. The lowest BCUT2D eigenvalue weighted by atomic mass is 9.92. The van der Waals surface area contributed by atoms with E-state index in [0.29, 0.717) is 5.92 Å². The van der Waals surface area contributed by atoms with Crippen LogP contribution in [0.4, 0.5) is 0 Å². The largest absolute Gasteiger partial charge is 0.497 e. The highest BCUT2D eigenvalue weighted by molar-refractivity contribution is 6.30. The van der Waals surface area contributed by atoms with Crippen molar-refractivity contribution >= 4 is 17.5 Å². The standard InChI is InChI=1S/C25H33ClN2O2/c1-18(2)16-24(20-6-10-23(30-3)11-7-20)27-25(29)21-12-14-28(15-13-21)17-19-4-8-22(26)9-5-19/h4-11,18,21,24H,12-17H2,1-3H3,(H,27,29)/t24-/m1/s1. The number of halogens is 1. The molecule has 1 heterocycles. The molecule has 1 amide bonds. The summed E-state index contributed by atoms with van der Waals surface area (Å²) in [6.07, 6.45) is 2.72. The Labute approximate surface area is 185 Å². The van der Waals surface area contributed by atoms with Crippen LogP contribution in [0.5, 0.6) is 5.75 Å². The van der Waals surface area contributed by atoms with Gasteiger partial charge in [-0.2, -0.15) is 0 Å². The molecule has 1 saturated heterocycles. The van der Waals surface area contributed by atoms with Crippen LogP contribution in [-0.2, 0) is 11.3 Å². The normalized spacial score (nSPS) is 16.4. The van der Waals surface area contributed by atoms with Crippen LogP contribution in [0, 0.1) is 11.8 Å². The maximum Gasteiger partial charge on any atom is 0.223 e. The molecule has 2 aromatic rings. The van der Waals surface area contributed by atoms with Gasteiger partial charge in [-0.1, -0.05) is 49.7 Å². The molecule has 1 fully saturated rings. The Morgan fingerprint density at radius 1 is 1.10 bits per heavy atom. The van der Waals surface area contributed by atoms with Gasteiger partial charge in [0.15, 0.2) is 0 Å². The molecule has 0 aromatic heterocycles. The van der Waals surface area contributed by atoms with Crippen molar-refractivity contribution in [2.45, 2.75) is 45.7 Å². The van der Waals surface area contributed by atoms with Crippen LogP contribution in [0.15, 0.2) is 48.5 Å². The van der Waals surface area contributed by atoms with E-state index in [1.165, 1.54) is 5.56 Å². The molecule has 1 atom stereocenters. The van der Waals surface area contributed by atoms with Crippen molar-refractivity contribution in [2.75, 3.05) is 20.2 Å². The van der Waals surface area contributed by atoms with E-state index in [0.717, 1.165) is 55.2 Å². The zero-order valence-electron chi connectivity index (χ0n) is 18.2. The molecule has 0 radical (unpaired) electrons. The molecular formula is C25H33ClN2O2. The quantitative estimate of drug-likeness (QED) is 0.606. The minimum atomic E-state index is 0.0375. The lowest BCUT2D eigenvalue weighted by Crippen LogP contribution is -2.41. The van der Waals surface area contributed by atoms with E-state index in [2.05, 4.69) is 48.3 Å². The number of carbonyl (C=O) groups excluding carboxylic acids is 1. The summed E-state index contributed by atoms with van der Waals surface area (Å²) < 4.78 is 5.27. The summed E-state index contributed by atoms with van der Waals surface area (Å²) in [4.78, 5) is 15.4. The third kappa shape index (κ3) is 6.48. The number of ether oxygens (including phenoxy) is 1. The van der Waals surface area contributed by atoms with Gasteiger partial charge in [0, 0.05) is 17.5 Å². The van der Waals surface area contributed by atoms with E-state index in [9.17, 15) is 4.79 Å². The first-order chi connectivity index (χ1) is 14.4. The molecule has 162 valence electrons. The van der Waals surface area contributed by atoms with Gasteiger partial charge in [-0.3, -0.25) is 9.69 Å². The molecular weight excluding hydrogens is 396 g/mol. The van der Waals surface area contributed by atoms with Crippen molar-refractivity contribution in [2.24, 2.45) is 11.8 Å². The molecule has 2 aromatic carbocycles. The summed E-state index contributed by atoms with van der Waals surface area (Å²) in [5, 5.41) is 4.10. The number of nitrogens with one attached hydrogen (secondary N) is 1. The fourth-order valence-corrected chi connectivity index (χ4v) is 4.20. The van der Waals surface area contributed by atoms with Gasteiger partial charge in [0.1, 0.15) is 5.75 Å². The fourth-order valence-electron chi connectivity index (χ4n) is 4.08. The molecule has 0 saturated carbocycles. The van der Waals surface area contributed by atoms with Crippen molar-refractivity contribution in [3.63, 3.8) is 0 Å². The number of methoxy groups -OCH3 is 1. The second-order valence-electron chi connectivity index (χ2n) is 8.64. The summed E-state index contributed by atoms with van der Waals surface area (Å²) >= 11 is 5.98. The number of piperidine rings is 1. The molecule has 5 heteroatoms. The first-order valence-electron chi connectivity index (χ1n) is 10.9. The maximum absolute atomic E-state index is 13.0. The number of hydrogen-bond donors (Lipinski definition) is 1. The van der Waals surface area contributed by atoms with Gasteiger partial charge in [-0.25, -0.2) is 0 Å². The maximum atomic E-state index is 13.0. The van der Waals surface area contributed by atoms with Crippen molar-refractivity contribution in [3.05, 3.63) is 64.7 Å². The lowest BCUT2D eigenvalue weighted by molar-refractivity contribution is -0.127. The van der Waals surface area contributed by atoms with Crippen molar-refractivity contribution in [1.82, 2.24) is 10.2 Å². The van der Waals surface area contributed by atoms with Gasteiger partial charge in [-0.05, 0) is 73.7 Å². The highest BCUT2D eigenvalue weighted by Crippen LogP contribution is 2.26. The van der Waals surface area contributed by atoms with Gasteiger partial charge < -0.3 is 10.1 Å². The summed E-state index contributed by atoms with van der Waals surface area (Å²) in [7, 11) is 1.67. The number of rotatable bonds is 8. The van der Waals surface area contributed by atoms with Gasteiger partial charge >= 0.3 is 0 Å². The molecule has 30 heavy (non-hydrogen) atoms. The molecule has 0 aliphatic carbocycles. The van der Waals surface area contributed by atoms with E-state index in [4.69, 9.17) is 16.3 Å². The van der Waals surface area contributed by atoms with Gasteiger partial charge in [0.05, 0.1) is 13.2 Å². The van der Waals surface area contributed by atoms with Crippen LogP contribution in [0.25, 0.3) is 0 Å². The molecule has 1 aliphatic rings. The number of carbonyl (C=O) groups is 1. The summed E-state index contributed by atoms with van der Waals surface area (Å²) in [6, 6.07) is 16.1. The number of hydrogen-bond acceptors (Lipinski definition) is 3. The predicted molar refractivity (Wildman–Crippen MR) is 123 cm³/mol. The Kier molecular flexibility index (Phi) is 8.17. The molecule has 0 spiro atoms. The van der Waals surface area contributed by atoms with Crippen LogP contribution in [0.2, 0.25) is 5.02 Å². The summed E-state index contributed by atoms with van der Waals surface area (Å²) in [5.41, 5.74) is 2.40. The van der Waals surface area contributed by atoms with Crippen LogP contribution in [-0.4, -0.2) is 31.0 Å². The fraction of sp³-hybridized carbons (Fsp3) is 0.480. The second kappa shape index (κ2) is 10.8. The first-order valence-corrected chi connectivity index (χ1v) is 11.2. The molecule has 1 aliphatic heterocycles. The number of likely N-dealkylation sites (tertiary alicyclic amines) is 1. The van der Waals surface area contributed by atoms with Crippen molar-refractivity contribution in [3.8, 4) is 5.75 Å². The van der Waals surface area contributed by atoms with E-state index in [1.807, 2.05) is 24.3 Å². The first kappa shape index (κ1) is 22.6.